The molecule has 1 aliphatic rings. The monoisotopic (exact) mass is 300 g/mol. The van der Waals surface area contributed by atoms with Crippen molar-refractivity contribution in [1.29, 1.82) is 0 Å². The number of aryl methyl sites for hydroxylation is 1. The van der Waals surface area contributed by atoms with E-state index in [2.05, 4.69) is 12.2 Å². The average Bonchev–Trinajstić information content (AvgIpc) is 2.78. The maximum absolute atomic E-state index is 12.7. The third kappa shape index (κ3) is 3.24. The molecular formula is C14H24N2O3S. The number of sulfonamides is 1. The Hall–Kier alpha value is -0.850. The van der Waals surface area contributed by atoms with Crippen LogP contribution in [-0.4, -0.2) is 32.4 Å². The van der Waals surface area contributed by atoms with Crippen molar-refractivity contribution in [1.82, 2.24) is 9.62 Å². The number of hydrogen-bond acceptors (Lipinski definition) is 4. The highest BCUT2D eigenvalue weighted by Crippen LogP contribution is 2.27. The first-order valence-electron chi connectivity index (χ1n) is 7.25. The molecule has 2 rings (SSSR count). The number of nitrogens with zero attached hydrogens (tertiary/aromatic N) is 1. The van der Waals surface area contributed by atoms with Gasteiger partial charge >= 0.3 is 0 Å². The van der Waals surface area contributed by atoms with Gasteiger partial charge in [-0.15, -0.1) is 0 Å². The zero-order valence-electron chi connectivity index (χ0n) is 12.5. The Bertz CT molecular complexity index is 551. The van der Waals surface area contributed by atoms with Gasteiger partial charge in [0.25, 0.3) is 0 Å². The first-order valence-corrected chi connectivity index (χ1v) is 8.69. The fourth-order valence-electron chi connectivity index (χ4n) is 2.62. The molecule has 0 radical (unpaired) electrons. The summed E-state index contributed by atoms with van der Waals surface area (Å²) >= 11 is 0. The summed E-state index contributed by atoms with van der Waals surface area (Å²) in [5.74, 6) is 1.58. The van der Waals surface area contributed by atoms with E-state index in [4.69, 9.17) is 4.42 Å². The van der Waals surface area contributed by atoms with Crippen LogP contribution in [0, 0.1) is 12.8 Å². The van der Waals surface area contributed by atoms with E-state index in [0.29, 0.717) is 42.0 Å². The number of rotatable bonds is 5. The van der Waals surface area contributed by atoms with Gasteiger partial charge in [-0.1, -0.05) is 13.8 Å². The molecule has 1 atom stereocenters. The standard InChI is InChI=1S/C14H24N2O3S/c1-4-15-9-13-8-14(12(3)19-13)20(17,18)16-7-5-6-11(2)10-16/h8,11,15H,4-7,9-10H2,1-3H3. The second-order valence-electron chi connectivity index (χ2n) is 5.52. The number of furan rings is 1. The summed E-state index contributed by atoms with van der Waals surface area (Å²) in [6.45, 7) is 8.42. The van der Waals surface area contributed by atoms with Crippen LogP contribution in [0.4, 0.5) is 0 Å². The molecule has 1 unspecified atom stereocenters. The second kappa shape index (κ2) is 6.28. The first-order chi connectivity index (χ1) is 9.45. The fraction of sp³-hybridized carbons (Fsp3) is 0.714. The number of hydrogen-bond donors (Lipinski definition) is 1. The van der Waals surface area contributed by atoms with E-state index >= 15 is 0 Å². The topological polar surface area (TPSA) is 62.6 Å². The minimum Gasteiger partial charge on any atom is -0.464 e. The number of nitrogens with one attached hydrogen (secondary N) is 1. The SMILES string of the molecule is CCNCc1cc(S(=O)(=O)N2CCCC(C)C2)c(C)o1. The Morgan fingerprint density at radius 3 is 2.90 bits per heavy atom. The van der Waals surface area contributed by atoms with E-state index in [-0.39, 0.29) is 0 Å². The van der Waals surface area contributed by atoms with E-state index in [9.17, 15) is 8.42 Å². The normalized spacial score (nSPS) is 21.2. The molecule has 0 aromatic carbocycles. The summed E-state index contributed by atoms with van der Waals surface area (Å²) in [6, 6.07) is 1.66. The van der Waals surface area contributed by atoms with Crippen molar-refractivity contribution >= 4 is 10.0 Å². The van der Waals surface area contributed by atoms with Crippen molar-refractivity contribution in [2.75, 3.05) is 19.6 Å². The molecule has 0 bridgehead atoms. The van der Waals surface area contributed by atoms with E-state index in [1.165, 1.54) is 0 Å². The van der Waals surface area contributed by atoms with Gasteiger partial charge in [0.1, 0.15) is 16.4 Å². The van der Waals surface area contributed by atoms with Gasteiger partial charge in [-0.2, -0.15) is 4.31 Å². The molecule has 0 aliphatic carbocycles. The molecule has 1 fully saturated rings. The summed E-state index contributed by atoms with van der Waals surface area (Å²) in [5, 5.41) is 3.14. The third-order valence-electron chi connectivity index (χ3n) is 3.71. The van der Waals surface area contributed by atoms with Crippen LogP contribution in [0.3, 0.4) is 0 Å². The summed E-state index contributed by atoms with van der Waals surface area (Å²) < 4.78 is 32.5. The number of piperidine rings is 1. The highest BCUT2D eigenvalue weighted by molar-refractivity contribution is 7.89. The molecule has 1 aliphatic heterocycles. The lowest BCUT2D eigenvalue weighted by Crippen LogP contribution is -2.39. The van der Waals surface area contributed by atoms with E-state index in [0.717, 1.165) is 19.4 Å². The molecule has 114 valence electrons. The van der Waals surface area contributed by atoms with Crippen LogP contribution in [0.25, 0.3) is 0 Å². The molecule has 1 aromatic heterocycles. The van der Waals surface area contributed by atoms with Gasteiger partial charge in [-0.25, -0.2) is 8.42 Å². The van der Waals surface area contributed by atoms with Crippen molar-refractivity contribution in [3.05, 3.63) is 17.6 Å². The molecule has 2 heterocycles. The van der Waals surface area contributed by atoms with E-state index < -0.39 is 10.0 Å². The smallest absolute Gasteiger partial charge is 0.246 e. The van der Waals surface area contributed by atoms with Crippen LogP contribution >= 0.6 is 0 Å². The van der Waals surface area contributed by atoms with Crippen molar-refractivity contribution in [2.45, 2.75) is 45.1 Å². The summed E-state index contributed by atoms with van der Waals surface area (Å²) in [5.41, 5.74) is 0. The van der Waals surface area contributed by atoms with Crippen LogP contribution in [0.2, 0.25) is 0 Å². The lowest BCUT2D eigenvalue weighted by Gasteiger charge is -2.29. The Balaban J connectivity index is 2.22. The zero-order chi connectivity index (χ0) is 14.8. The van der Waals surface area contributed by atoms with Crippen molar-refractivity contribution in [3.63, 3.8) is 0 Å². The van der Waals surface area contributed by atoms with E-state index in [1.807, 2.05) is 6.92 Å². The lowest BCUT2D eigenvalue weighted by molar-refractivity contribution is 0.281. The minimum atomic E-state index is -3.42. The van der Waals surface area contributed by atoms with Gasteiger partial charge in [0.05, 0.1) is 6.54 Å². The van der Waals surface area contributed by atoms with Gasteiger partial charge < -0.3 is 9.73 Å². The predicted octanol–water partition coefficient (Wildman–Crippen LogP) is 2.12. The summed E-state index contributed by atoms with van der Waals surface area (Å²) in [7, 11) is -3.42. The molecule has 1 aromatic rings. The first kappa shape index (κ1) is 15.5. The van der Waals surface area contributed by atoms with Crippen molar-refractivity contribution in [3.8, 4) is 0 Å². The zero-order valence-corrected chi connectivity index (χ0v) is 13.3. The summed E-state index contributed by atoms with van der Waals surface area (Å²) in [6.07, 6.45) is 2.03. The Kier molecular flexibility index (Phi) is 4.88. The van der Waals surface area contributed by atoms with Gasteiger partial charge in [0.15, 0.2) is 0 Å². The Labute approximate surface area is 121 Å². The molecular weight excluding hydrogens is 276 g/mol. The second-order valence-corrected chi connectivity index (χ2v) is 7.43. The van der Waals surface area contributed by atoms with Crippen LogP contribution in [-0.2, 0) is 16.6 Å². The van der Waals surface area contributed by atoms with Gasteiger partial charge in [0.2, 0.25) is 10.0 Å². The molecule has 0 saturated carbocycles. The molecule has 0 spiro atoms. The van der Waals surface area contributed by atoms with Crippen LogP contribution < -0.4 is 5.32 Å². The van der Waals surface area contributed by atoms with Crippen LogP contribution in [0.15, 0.2) is 15.4 Å². The fourth-order valence-corrected chi connectivity index (χ4v) is 4.40. The highest BCUT2D eigenvalue weighted by Gasteiger charge is 2.31. The largest absolute Gasteiger partial charge is 0.464 e. The Morgan fingerprint density at radius 2 is 2.25 bits per heavy atom. The molecule has 1 saturated heterocycles. The quantitative estimate of drug-likeness (QED) is 0.905. The van der Waals surface area contributed by atoms with Gasteiger partial charge in [-0.3, -0.25) is 0 Å². The highest BCUT2D eigenvalue weighted by atomic mass is 32.2. The maximum atomic E-state index is 12.7. The molecule has 1 N–H and O–H groups in total. The van der Waals surface area contributed by atoms with Crippen LogP contribution in [0.1, 0.15) is 38.2 Å². The van der Waals surface area contributed by atoms with Gasteiger partial charge in [0, 0.05) is 19.2 Å². The molecule has 6 heteroatoms. The van der Waals surface area contributed by atoms with Crippen molar-refractivity contribution < 1.29 is 12.8 Å². The minimum absolute atomic E-state index is 0.319. The van der Waals surface area contributed by atoms with E-state index in [1.54, 1.807) is 17.3 Å². The van der Waals surface area contributed by atoms with Crippen molar-refractivity contribution in [2.24, 2.45) is 5.92 Å². The average molecular weight is 300 g/mol. The molecule has 0 amide bonds. The molecule has 5 nitrogen and oxygen atoms in total. The summed E-state index contributed by atoms with van der Waals surface area (Å²) in [4.78, 5) is 0.319. The Morgan fingerprint density at radius 1 is 1.50 bits per heavy atom. The van der Waals surface area contributed by atoms with Crippen LogP contribution in [0.5, 0.6) is 0 Å². The lowest BCUT2D eigenvalue weighted by atomic mass is 10.0. The third-order valence-corrected chi connectivity index (χ3v) is 5.68. The predicted molar refractivity (Wildman–Crippen MR) is 78.0 cm³/mol. The van der Waals surface area contributed by atoms with Gasteiger partial charge in [-0.05, 0) is 32.2 Å². The molecule has 20 heavy (non-hydrogen) atoms. The maximum Gasteiger partial charge on any atom is 0.246 e.